The molecule has 1 amide bonds. The number of carbonyl (C=O) groups excluding carboxylic acids is 1. The summed E-state index contributed by atoms with van der Waals surface area (Å²) in [6, 6.07) is 4.21. The van der Waals surface area contributed by atoms with E-state index in [0.29, 0.717) is 5.69 Å². The molecule has 0 unspecified atom stereocenters. The molecular formula is C12H11N3O3S. The van der Waals surface area contributed by atoms with Crippen LogP contribution in [-0.4, -0.2) is 22.0 Å². The highest BCUT2D eigenvalue weighted by molar-refractivity contribution is 7.09. The highest BCUT2D eigenvalue weighted by atomic mass is 32.1. The van der Waals surface area contributed by atoms with Gasteiger partial charge in [-0.25, -0.2) is 9.78 Å². The molecule has 0 atom stereocenters. The average molecular weight is 277 g/mol. The molecule has 2 aromatic rings. The molecule has 98 valence electrons. The number of carbonyl (C=O) groups is 2. The van der Waals surface area contributed by atoms with Gasteiger partial charge < -0.3 is 16.2 Å². The Bertz CT molecular complexity index is 651. The van der Waals surface area contributed by atoms with Crippen molar-refractivity contribution in [3.63, 3.8) is 0 Å². The monoisotopic (exact) mass is 277 g/mol. The van der Waals surface area contributed by atoms with Gasteiger partial charge in [-0.15, -0.1) is 11.3 Å². The number of carboxylic acid groups (broad SMARTS) is 1. The van der Waals surface area contributed by atoms with Crippen molar-refractivity contribution in [2.45, 2.75) is 6.92 Å². The van der Waals surface area contributed by atoms with E-state index in [1.165, 1.54) is 29.5 Å². The number of nitrogens with zero attached hydrogens (tertiary/aromatic N) is 1. The van der Waals surface area contributed by atoms with Crippen molar-refractivity contribution in [2.24, 2.45) is 0 Å². The molecule has 0 saturated carbocycles. The standard InChI is InChI=1S/C12H11N3O3S/c1-6-14-10(5-19-6)11(16)15-9-4-7(13)2-3-8(9)12(17)18/h2-5H,13H2,1H3,(H,15,16)(H,17,18). The van der Waals surface area contributed by atoms with Crippen LogP contribution in [0.2, 0.25) is 0 Å². The summed E-state index contributed by atoms with van der Waals surface area (Å²) >= 11 is 1.34. The normalized spacial score (nSPS) is 10.2. The number of nitrogen functional groups attached to an aromatic ring is 1. The minimum atomic E-state index is -1.13. The first-order valence-electron chi connectivity index (χ1n) is 5.33. The molecule has 0 spiro atoms. The van der Waals surface area contributed by atoms with Gasteiger partial charge >= 0.3 is 5.97 Å². The molecular weight excluding hydrogens is 266 g/mol. The molecule has 1 heterocycles. The molecule has 0 aliphatic heterocycles. The zero-order chi connectivity index (χ0) is 14.0. The summed E-state index contributed by atoms with van der Waals surface area (Å²) in [5, 5.41) is 13.9. The Morgan fingerprint density at radius 1 is 1.42 bits per heavy atom. The summed E-state index contributed by atoms with van der Waals surface area (Å²) in [6.07, 6.45) is 0. The molecule has 0 bridgehead atoms. The van der Waals surface area contributed by atoms with Gasteiger partial charge in [-0.2, -0.15) is 0 Å². The maximum absolute atomic E-state index is 11.9. The number of hydrogen-bond acceptors (Lipinski definition) is 5. The SMILES string of the molecule is Cc1nc(C(=O)Nc2cc(N)ccc2C(=O)O)cs1. The number of anilines is 2. The van der Waals surface area contributed by atoms with Gasteiger partial charge in [-0.05, 0) is 25.1 Å². The first-order valence-corrected chi connectivity index (χ1v) is 6.21. The predicted molar refractivity (Wildman–Crippen MR) is 72.6 cm³/mol. The summed E-state index contributed by atoms with van der Waals surface area (Å²) in [7, 11) is 0. The van der Waals surface area contributed by atoms with Gasteiger partial charge in [0.05, 0.1) is 16.3 Å². The largest absolute Gasteiger partial charge is 0.478 e. The van der Waals surface area contributed by atoms with Gasteiger partial charge in [0.15, 0.2) is 0 Å². The minimum absolute atomic E-state index is 0.0190. The average Bonchev–Trinajstić information content (AvgIpc) is 2.75. The second kappa shape index (κ2) is 5.07. The number of hydrogen-bond donors (Lipinski definition) is 3. The van der Waals surface area contributed by atoms with Crippen LogP contribution in [0.4, 0.5) is 11.4 Å². The Labute approximate surface area is 112 Å². The van der Waals surface area contributed by atoms with Crippen LogP contribution in [-0.2, 0) is 0 Å². The third-order valence-corrected chi connectivity index (χ3v) is 3.15. The molecule has 1 aromatic heterocycles. The van der Waals surface area contributed by atoms with Crippen molar-refractivity contribution in [2.75, 3.05) is 11.1 Å². The highest BCUT2D eigenvalue weighted by Gasteiger charge is 2.15. The number of nitrogens with one attached hydrogen (secondary N) is 1. The van der Waals surface area contributed by atoms with Crippen LogP contribution in [0, 0.1) is 6.92 Å². The maximum Gasteiger partial charge on any atom is 0.337 e. The number of aromatic carboxylic acids is 1. The lowest BCUT2D eigenvalue weighted by molar-refractivity contribution is 0.0698. The van der Waals surface area contributed by atoms with Crippen LogP contribution in [0.3, 0.4) is 0 Å². The number of aryl methyl sites for hydroxylation is 1. The Kier molecular flexibility index (Phi) is 3.48. The Morgan fingerprint density at radius 2 is 2.16 bits per heavy atom. The van der Waals surface area contributed by atoms with E-state index in [1.54, 1.807) is 12.3 Å². The van der Waals surface area contributed by atoms with E-state index in [2.05, 4.69) is 10.3 Å². The molecule has 2 rings (SSSR count). The van der Waals surface area contributed by atoms with Crippen LogP contribution in [0.25, 0.3) is 0 Å². The van der Waals surface area contributed by atoms with E-state index in [4.69, 9.17) is 10.8 Å². The lowest BCUT2D eigenvalue weighted by Gasteiger charge is -2.08. The molecule has 0 aliphatic rings. The van der Waals surface area contributed by atoms with Gasteiger partial charge in [-0.3, -0.25) is 4.79 Å². The molecule has 6 nitrogen and oxygen atoms in total. The molecule has 4 N–H and O–H groups in total. The highest BCUT2D eigenvalue weighted by Crippen LogP contribution is 2.20. The van der Waals surface area contributed by atoms with Gasteiger partial charge in [0, 0.05) is 11.1 Å². The van der Waals surface area contributed by atoms with Crippen molar-refractivity contribution in [3.8, 4) is 0 Å². The molecule has 19 heavy (non-hydrogen) atoms. The topological polar surface area (TPSA) is 105 Å². The third kappa shape index (κ3) is 2.89. The smallest absolute Gasteiger partial charge is 0.337 e. The third-order valence-electron chi connectivity index (χ3n) is 2.37. The lowest BCUT2D eigenvalue weighted by atomic mass is 10.1. The van der Waals surface area contributed by atoms with Crippen LogP contribution < -0.4 is 11.1 Å². The van der Waals surface area contributed by atoms with Crippen molar-refractivity contribution >= 4 is 34.6 Å². The van der Waals surface area contributed by atoms with Crippen molar-refractivity contribution < 1.29 is 14.7 Å². The lowest BCUT2D eigenvalue weighted by Crippen LogP contribution is -2.15. The minimum Gasteiger partial charge on any atom is -0.478 e. The second-order valence-corrected chi connectivity index (χ2v) is 4.88. The van der Waals surface area contributed by atoms with Gasteiger partial charge in [-0.1, -0.05) is 0 Å². The summed E-state index contributed by atoms with van der Waals surface area (Å²) in [4.78, 5) is 27.0. The van der Waals surface area contributed by atoms with Crippen LogP contribution >= 0.6 is 11.3 Å². The van der Waals surface area contributed by atoms with E-state index in [0.717, 1.165) is 5.01 Å². The van der Waals surface area contributed by atoms with E-state index in [9.17, 15) is 9.59 Å². The predicted octanol–water partition coefficient (Wildman–Crippen LogP) is 1.98. The zero-order valence-corrected chi connectivity index (χ0v) is 10.8. The fourth-order valence-electron chi connectivity index (χ4n) is 1.51. The van der Waals surface area contributed by atoms with Crippen molar-refractivity contribution in [1.29, 1.82) is 0 Å². The molecule has 0 aliphatic carbocycles. The summed E-state index contributed by atoms with van der Waals surface area (Å²) in [5.41, 5.74) is 6.35. The molecule has 0 radical (unpaired) electrons. The molecule has 0 saturated heterocycles. The number of thiazole rings is 1. The Hall–Kier alpha value is -2.41. The summed E-state index contributed by atoms with van der Waals surface area (Å²) in [6.45, 7) is 1.78. The molecule has 1 aromatic carbocycles. The maximum atomic E-state index is 11.9. The molecule has 7 heteroatoms. The number of rotatable bonds is 3. The van der Waals surface area contributed by atoms with E-state index >= 15 is 0 Å². The number of nitrogens with two attached hydrogens (primary N) is 1. The van der Waals surface area contributed by atoms with Crippen LogP contribution in [0.1, 0.15) is 25.9 Å². The fraction of sp³-hybridized carbons (Fsp3) is 0.0833. The van der Waals surface area contributed by atoms with Crippen molar-refractivity contribution in [3.05, 3.63) is 39.8 Å². The summed E-state index contributed by atoms with van der Waals surface area (Å²) < 4.78 is 0. The first kappa shape index (κ1) is 13.0. The Balaban J connectivity index is 2.30. The second-order valence-electron chi connectivity index (χ2n) is 3.82. The van der Waals surface area contributed by atoms with Crippen molar-refractivity contribution in [1.82, 2.24) is 4.98 Å². The number of amides is 1. The fourth-order valence-corrected chi connectivity index (χ4v) is 2.10. The van der Waals surface area contributed by atoms with Crippen LogP contribution in [0.5, 0.6) is 0 Å². The molecule has 0 fully saturated rings. The Morgan fingerprint density at radius 3 is 2.74 bits per heavy atom. The van der Waals surface area contributed by atoms with E-state index in [-0.39, 0.29) is 16.9 Å². The number of carboxylic acids is 1. The van der Waals surface area contributed by atoms with Gasteiger partial charge in [0.25, 0.3) is 5.91 Å². The number of aromatic nitrogens is 1. The van der Waals surface area contributed by atoms with Gasteiger partial charge in [0.1, 0.15) is 5.69 Å². The first-order chi connectivity index (χ1) is 8.97. The van der Waals surface area contributed by atoms with Gasteiger partial charge in [0.2, 0.25) is 0 Å². The number of benzene rings is 1. The van der Waals surface area contributed by atoms with E-state index in [1.807, 2.05) is 0 Å². The van der Waals surface area contributed by atoms with E-state index < -0.39 is 11.9 Å². The van der Waals surface area contributed by atoms with Crippen LogP contribution in [0.15, 0.2) is 23.6 Å². The quantitative estimate of drug-likeness (QED) is 0.744. The zero-order valence-electron chi connectivity index (χ0n) is 10.0. The summed E-state index contributed by atoms with van der Waals surface area (Å²) in [5.74, 6) is -1.60.